The van der Waals surface area contributed by atoms with Crippen LogP contribution in [0.15, 0.2) is 18.2 Å². The number of benzene rings is 1. The van der Waals surface area contributed by atoms with Crippen molar-refractivity contribution in [2.75, 3.05) is 7.05 Å². The van der Waals surface area contributed by atoms with Crippen molar-refractivity contribution in [2.45, 2.75) is 39.7 Å². The normalized spacial score (nSPS) is 13.8. The molecule has 96 valence electrons. The summed E-state index contributed by atoms with van der Waals surface area (Å²) in [5.74, 6) is -0.332. The molecule has 0 aliphatic rings. The number of rotatable bonds is 5. The first kappa shape index (κ1) is 14.5. The van der Waals surface area contributed by atoms with Crippen LogP contribution in [0.4, 0.5) is 4.39 Å². The number of halogens is 2. The molecule has 0 bridgehead atoms. The Morgan fingerprint density at radius 1 is 1.41 bits per heavy atom. The summed E-state index contributed by atoms with van der Waals surface area (Å²) in [6, 6.07) is 5.52. The van der Waals surface area contributed by atoms with E-state index in [4.69, 9.17) is 11.6 Å². The van der Waals surface area contributed by atoms with Crippen LogP contribution in [0.2, 0.25) is 5.02 Å². The van der Waals surface area contributed by atoms with E-state index < -0.39 is 0 Å². The van der Waals surface area contributed by atoms with Gasteiger partial charge in [-0.3, -0.25) is 0 Å². The van der Waals surface area contributed by atoms with Gasteiger partial charge in [-0.15, -0.1) is 0 Å². The third-order valence-corrected chi connectivity index (χ3v) is 3.32. The number of hydrogen-bond donors (Lipinski definition) is 1. The highest BCUT2D eigenvalue weighted by molar-refractivity contribution is 6.30. The highest BCUT2D eigenvalue weighted by Crippen LogP contribution is 2.28. The van der Waals surface area contributed by atoms with Crippen molar-refractivity contribution in [3.8, 4) is 0 Å². The highest BCUT2D eigenvalue weighted by Gasteiger charge is 2.21. The largest absolute Gasteiger partial charge is 0.317 e. The van der Waals surface area contributed by atoms with Gasteiger partial charge in [-0.05, 0) is 49.9 Å². The van der Waals surface area contributed by atoms with Crippen LogP contribution >= 0.6 is 11.6 Å². The average molecular weight is 258 g/mol. The molecule has 1 atom stereocenters. The lowest BCUT2D eigenvalue weighted by molar-refractivity contribution is 0.293. The molecule has 1 unspecified atom stereocenters. The van der Waals surface area contributed by atoms with Gasteiger partial charge in [0.25, 0.3) is 0 Å². The second-order valence-electron chi connectivity index (χ2n) is 5.48. The van der Waals surface area contributed by atoms with Gasteiger partial charge in [0.2, 0.25) is 0 Å². The van der Waals surface area contributed by atoms with E-state index in [0.29, 0.717) is 6.04 Å². The molecule has 1 aromatic carbocycles. The van der Waals surface area contributed by atoms with Crippen LogP contribution in [0.5, 0.6) is 0 Å². The Morgan fingerprint density at radius 2 is 2.06 bits per heavy atom. The summed E-state index contributed by atoms with van der Waals surface area (Å²) in [5, 5.41) is 3.42. The maximum Gasteiger partial charge on any atom is 0.142 e. The Kier molecular flexibility index (Phi) is 4.96. The Balaban J connectivity index is 2.72. The number of hydrogen-bond acceptors (Lipinski definition) is 1. The molecule has 0 aliphatic heterocycles. The van der Waals surface area contributed by atoms with Crippen molar-refractivity contribution in [3.05, 3.63) is 34.6 Å². The van der Waals surface area contributed by atoms with E-state index >= 15 is 0 Å². The molecule has 0 saturated heterocycles. The van der Waals surface area contributed by atoms with Gasteiger partial charge in [-0.25, -0.2) is 4.39 Å². The van der Waals surface area contributed by atoms with Gasteiger partial charge in [0, 0.05) is 6.04 Å². The molecule has 1 rings (SSSR count). The molecular formula is C14H21ClFN. The van der Waals surface area contributed by atoms with Crippen molar-refractivity contribution in [1.29, 1.82) is 0 Å². The summed E-state index contributed by atoms with van der Waals surface area (Å²) in [6.45, 7) is 6.56. The summed E-state index contributed by atoms with van der Waals surface area (Å²) in [4.78, 5) is 0. The van der Waals surface area contributed by atoms with E-state index in [0.717, 1.165) is 18.4 Å². The van der Waals surface area contributed by atoms with E-state index in [-0.39, 0.29) is 16.3 Å². The van der Waals surface area contributed by atoms with Crippen molar-refractivity contribution in [2.24, 2.45) is 5.41 Å². The van der Waals surface area contributed by atoms with Gasteiger partial charge in [0.1, 0.15) is 5.82 Å². The molecule has 1 nitrogen and oxygen atoms in total. The Morgan fingerprint density at radius 3 is 2.59 bits per heavy atom. The molecule has 3 heteroatoms. The zero-order valence-electron chi connectivity index (χ0n) is 11.0. The minimum Gasteiger partial charge on any atom is -0.317 e. The zero-order chi connectivity index (χ0) is 13.1. The molecule has 0 saturated carbocycles. The lowest BCUT2D eigenvalue weighted by Crippen LogP contribution is -2.29. The van der Waals surface area contributed by atoms with Crippen molar-refractivity contribution < 1.29 is 4.39 Å². The first-order valence-corrected chi connectivity index (χ1v) is 6.33. The Hall–Kier alpha value is -0.600. The van der Waals surface area contributed by atoms with Gasteiger partial charge in [-0.2, -0.15) is 0 Å². The highest BCUT2D eigenvalue weighted by atomic mass is 35.5. The molecule has 0 fully saturated rings. The maximum absolute atomic E-state index is 13.3. The molecule has 1 N–H and O–H groups in total. The summed E-state index contributed by atoms with van der Waals surface area (Å²) in [5.41, 5.74) is 1.14. The molecule has 0 aromatic heterocycles. The quantitative estimate of drug-likeness (QED) is 0.839. The van der Waals surface area contributed by atoms with Crippen LogP contribution in [0.25, 0.3) is 0 Å². The van der Waals surface area contributed by atoms with Crippen molar-refractivity contribution in [1.82, 2.24) is 5.32 Å². The molecule has 0 radical (unpaired) electrons. The lowest BCUT2D eigenvalue weighted by atomic mass is 9.80. The third-order valence-electron chi connectivity index (χ3n) is 3.02. The van der Waals surface area contributed by atoms with Crippen LogP contribution in [-0.2, 0) is 6.42 Å². The summed E-state index contributed by atoms with van der Waals surface area (Å²) >= 11 is 5.67. The fourth-order valence-electron chi connectivity index (χ4n) is 2.21. The van der Waals surface area contributed by atoms with Gasteiger partial charge < -0.3 is 5.32 Å². The summed E-state index contributed by atoms with van der Waals surface area (Å²) in [7, 11) is 1.96. The molecule has 0 amide bonds. The SMILES string of the molecule is CNC(C)CC(C)(C)Cc1ccc(Cl)c(F)c1. The second kappa shape index (κ2) is 5.83. The zero-order valence-corrected chi connectivity index (χ0v) is 11.7. The topological polar surface area (TPSA) is 12.0 Å². The molecule has 0 spiro atoms. The van der Waals surface area contributed by atoms with Crippen LogP contribution in [-0.4, -0.2) is 13.1 Å². The van der Waals surface area contributed by atoms with Crippen molar-refractivity contribution >= 4 is 11.6 Å². The Labute approximate surface area is 108 Å². The molecular weight excluding hydrogens is 237 g/mol. The third kappa shape index (κ3) is 4.64. The smallest absolute Gasteiger partial charge is 0.142 e. The minimum absolute atomic E-state index is 0.142. The van der Waals surface area contributed by atoms with Crippen LogP contribution in [0, 0.1) is 11.2 Å². The van der Waals surface area contributed by atoms with E-state index in [2.05, 4.69) is 26.1 Å². The van der Waals surface area contributed by atoms with E-state index in [1.54, 1.807) is 6.07 Å². The van der Waals surface area contributed by atoms with Crippen molar-refractivity contribution in [3.63, 3.8) is 0 Å². The molecule has 1 aromatic rings. The van der Waals surface area contributed by atoms with Gasteiger partial charge in [-0.1, -0.05) is 31.5 Å². The van der Waals surface area contributed by atoms with Gasteiger partial charge in [0.05, 0.1) is 5.02 Å². The number of nitrogens with one attached hydrogen (secondary N) is 1. The molecule has 17 heavy (non-hydrogen) atoms. The van der Waals surface area contributed by atoms with Crippen LogP contribution in [0.3, 0.4) is 0 Å². The maximum atomic E-state index is 13.3. The van der Waals surface area contributed by atoms with Gasteiger partial charge >= 0.3 is 0 Å². The predicted octanol–water partition coefficient (Wildman–Crippen LogP) is 4.05. The van der Waals surface area contributed by atoms with Crippen LogP contribution in [0.1, 0.15) is 32.8 Å². The molecule has 0 heterocycles. The minimum atomic E-state index is -0.332. The van der Waals surface area contributed by atoms with E-state index in [1.165, 1.54) is 6.07 Å². The second-order valence-corrected chi connectivity index (χ2v) is 5.89. The fourth-order valence-corrected chi connectivity index (χ4v) is 2.32. The standard InChI is InChI=1S/C14H21ClFN/c1-10(17-4)8-14(2,3)9-11-5-6-12(15)13(16)7-11/h5-7,10,17H,8-9H2,1-4H3. The monoisotopic (exact) mass is 257 g/mol. The summed E-state index contributed by atoms with van der Waals surface area (Å²) < 4.78 is 13.3. The average Bonchev–Trinajstić information content (AvgIpc) is 2.22. The first-order valence-electron chi connectivity index (χ1n) is 5.95. The lowest BCUT2D eigenvalue weighted by Gasteiger charge is -2.28. The van der Waals surface area contributed by atoms with Gasteiger partial charge in [0.15, 0.2) is 0 Å². The summed E-state index contributed by atoms with van der Waals surface area (Å²) in [6.07, 6.45) is 1.90. The Bertz CT molecular complexity index is 376. The predicted molar refractivity (Wildman–Crippen MR) is 72.0 cm³/mol. The van der Waals surface area contributed by atoms with E-state index in [9.17, 15) is 4.39 Å². The van der Waals surface area contributed by atoms with E-state index in [1.807, 2.05) is 13.1 Å². The molecule has 0 aliphatic carbocycles. The first-order chi connectivity index (χ1) is 7.84. The van der Waals surface area contributed by atoms with Crippen LogP contribution < -0.4 is 5.32 Å². The fraction of sp³-hybridized carbons (Fsp3) is 0.571.